The third kappa shape index (κ3) is 30.1. The summed E-state index contributed by atoms with van der Waals surface area (Å²) in [7, 11) is 0. The quantitative estimate of drug-likeness (QED) is 0.207. The minimum Gasteiger partial charge on any atom is -0.515 e. The van der Waals surface area contributed by atoms with Crippen LogP contribution in [0.3, 0.4) is 0 Å². The molecule has 0 atom stereocenters. The van der Waals surface area contributed by atoms with Crippen LogP contribution in [0.25, 0.3) is 0 Å². The van der Waals surface area contributed by atoms with Crippen LogP contribution in [0.15, 0.2) is 24.2 Å². The van der Waals surface area contributed by atoms with Gasteiger partial charge in [0.1, 0.15) is 17.9 Å². The fraction of sp³-hybridized carbons (Fsp3) is 0.385. The van der Waals surface area contributed by atoms with Crippen LogP contribution in [0.5, 0.6) is 0 Å². The Morgan fingerprint density at radius 3 is 1.75 bits per heavy atom. The van der Waals surface area contributed by atoms with Gasteiger partial charge in [0, 0.05) is 21.7 Å². The Balaban J connectivity index is -0.0000000655. The van der Waals surface area contributed by atoms with Crippen LogP contribution in [0, 0.1) is 14.9 Å². The van der Waals surface area contributed by atoms with Crippen molar-refractivity contribution in [3.63, 3.8) is 0 Å². The Labute approximate surface area is 136 Å². The minimum absolute atomic E-state index is 0. The van der Waals surface area contributed by atoms with Gasteiger partial charge in [-0.15, -0.1) is 0 Å². The maximum atomic E-state index is 8.68. The second-order valence-corrected chi connectivity index (χ2v) is 2.64. The molecule has 0 aromatic rings. The summed E-state index contributed by atoms with van der Waals surface area (Å²) in [6.45, 7) is 5.74. The van der Waals surface area contributed by atoms with Gasteiger partial charge >= 0.3 is 11.9 Å². The molecule has 6 nitrogen and oxygen atoms in total. The van der Waals surface area contributed by atoms with Crippen LogP contribution < -0.4 is 0 Å². The van der Waals surface area contributed by atoms with E-state index in [1.54, 1.807) is 13.8 Å². The first-order valence-corrected chi connectivity index (χ1v) is 5.03. The van der Waals surface area contributed by atoms with Gasteiger partial charge in [0.05, 0.1) is 6.26 Å². The predicted octanol–water partition coefficient (Wildman–Crippen LogP) is 2.48. The van der Waals surface area contributed by atoms with Crippen molar-refractivity contribution < 1.29 is 51.0 Å². The van der Waals surface area contributed by atoms with Crippen molar-refractivity contribution in [2.75, 3.05) is 13.2 Å². The summed E-state index contributed by atoms with van der Waals surface area (Å²) in [5.41, 5.74) is 0. The molecule has 0 rings (SSSR count). The van der Waals surface area contributed by atoms with E-state index in [-0.39, 0.29) is 54.3 Å². The molecule has 0 aromatic carbocycles. The standard InChI is InChI=1S/C6H10O3.C5H8O3.2CH3.Ti/c1-3-9-6(8)4-5(2)7;1-2-8-5(7)3-4-6;;;/h4,7H,3H2,1-2H3;3-4,6H,2H2,1H3;2*1H3;/q;;2*-1;/p+2. The molecular weight excluding hydrogens is 300 g/mol. The Hall–Kier alpha value is -1.27. The zero-order valence-electron chi connectivity index (χ0n) is 12.8. The average Bonchev–Trinajstić information content (AvgIpc) is 2.18. The first-order valence-electron chi connectivity index (χ1n) is 5.03. The van der Waals surface area contributed by atoms with Crippen LogP contribution in [0.2, 0.25) is 0 Å². The van der Waals surface area contributed by atoms with Gasteiger partial charge in [-0.2, -0.15) is 0 Å². The van der Waals surface area contributed by atoms with Crippen LogP contribution in [-0.2, 0) is 31.2 Å². The molecule has 0 heterocycles. The van der Waals surface area contributed by atoms with Gasteiger partial charge < -0.3 is 44.1 Å². The molecule has 118 valence electrons. The second kappa shape index (κ2) is 22.9. The van der Waals surface area contributed by atoms with Gasteiger partial charge in [-0.3, -0.25) is 0 Å². The molecule has 0 aliphatic heterocycles. The van der Waals surface area contributed by atoms with Crippen LogP contribution in [0.4, 0.5) is 0 Å². The Morgan fingerprint density at radius 2 is 1.45 bits per heavy atom. The number of esters is 2. The number of aliphatic hydroxyl groups excluding tert-OH is 2. The molecule has 0 aliphatic rings. The molecule has 0 unspecified atom stereocenters. The van der Waals surface area contributed by atoms with Crippen molar-refractivity contribution in [2.45, 2.75) is 20.8 Å². The minimum atomic E-state index is -0.269. The average molecular weight is 326 g/mol. The molecule has 0 aromatic heterocycles. The summed E-state index contributed by atoms with van der Waals surface area (Å²) >= 11 is 0. The van der Waals surface area contributed by atoms with Crippen LogP contribution in [-0.4, -0.2) is 45.0 Å². The molecule has 7 heteroatoms. The van der Waals surface area contributed by atoms with Crippen molar-refractivity contribution in [1.82, 2.24) is 0 Å². The summed E-state index contributed by atoms with van der Waals surface area (Å²) in [6, 6.07) is 0. The zero-order valence-corrected chi connectivity index (χ0v) is 14.3. The largest absolute Gasteiger partial charge is 0.515 e. The second-order valence-electron chi connectivity index (χ2n) is 2.64. The first kappa shape index (κ1) is 31.2. The van der Waals surface area contributed by atoms with Gasteiger partial charge in [-0.1, -0.05) is 0 Å². The van der Waals surface area contributed by atoms with Crippen molar-refractivity contribution in [3.8, 4) is 0 Å². The number of hydrogen-bond donors (Lipinski definition) is 2. The van der Waals surface area contributed by atoms with Gasteiger partial charge in [-0.25, -0.2) is 0 Å². The van der Waals surface area contributed by atoms with Crippen LogP contribution >= 0.6 is 0 Å². The summed E-state index contributed by atoms with van der Waals surface area (Å²) in [4.78, 5) is 17.2. The van der Waals surface area contributed by atoms with Gasteiger partial charge in [0.25, 0.3) is 0 Å². The fourth-order valence-corrected chi connectivity index (χ4v) is 0.628. The monoisotopic (exact) mass is 326 g/mol. The van der Waals surface area contributed by atoms with Gasteiger partial charge in [0.2, 0.25) is 0 Å². The predicted molar refractivity (Wildman–Crippen MR) is 78.1 cm³/mol. The molecule has 0 radical (unpaired) electrons. The molecule has 0 aliphatic carbocycles. The van der Waals surface area contributed by atoms with E-state index in [0.29, 0.717) is 19.5 Å². The normalized spacial score (nSPS) is 8.85. The Bertz CT molecular complexity index is 283. The van der Waals surface area contributed by atoms with E-state index in [0.717, 1.165) is 12.2 Å². The number of aliphatic hydroxyl groups is 2. The topological polar surface area (TPSA) is 102 Å². The van der Waals surface area contributed by atoms with E-state index in [4.69, 9.17) is 19.8 Å². The fourth-order valence-electron chi connectivity index (χ4n) is 0.628. The first-order chi connectivity index (χ1) is 7.97. The number of hydrogen-bond acceptors (Lipinski definition) is 4. The molecule has 4 N–H and O–H groups in total. The van der Waals surface area contributed by atoms with Crippen molar-refractivity contribution in [2.24, 2.45) is 0 Å². The maximum Gasteiger partial charge on any atom is 0.513 e. The molecule has 20 heavy (non-hydrogen) atoms. The van der Waals surface area contributed by atoms with E-state index < -0.39 is 0 Å². The van der Waals surface area contributed by atoms with E-state index >= 15 is 0 Å². The molecule has 0 fully saturated rings. The van der Waals surface area contributed by atoms with Gasteiger partial charge in [-0.05, 0) is 20.8 Å². The van der Waals surface area contributed by atoms with E-state index in [2.05, 4.69) is 9.47 Å². The third-order valence-electron chi connectivity index (χ3n) is 1.13. The van der Waals surface area contributed by atoms with E-state index in [1.165, 1.54) is 6.92 Å². The van der Waals surface area contributed by atoms with E-state index in [1.807, 2.05) is 0 Å². The Kier molecular flexibility index (Phi) is 35.7. The number of allylic oxidation sites excluding steroid dienone is 1. The van der Waals surface area contributed by atoms with Crippen molar-refractivity contribution in [3.05, 3.63) is 39.0 Å². The third-order valence-corrected chi connectivity index (χ3v) is 1.13. The molecule has 0 bridgehead atoms. The van der Waals surface area contributed by atoms with Crippen molar-refractivity contribution >= 4 is 11.9 Å². The number of rotatable bonds is 4. The number of ether oxygens (including phenoxy) is 2. The number of carbonyl (C=O) groups excluding carboxylic acids is 2. The van der Waals surface area contributed by atoms with Gasteiger partial charge in [0.15, 0.2) is 13.2 Å². The smallest absolute Gasteiger partial charge is 0.513 e. The van der Waals surface area contributed by atoms with Crippen molar-refractivity contribution in [1.29, 1.82) is 0 Å². The molecule has 0 amide bonds. The maximum absolute atomic E-state index is 8.68. The summed E-state index contributed by atoms with van der Waals surface area (Å²) in [5, 5.41) is 16.6. The molecule has 0 spiro atoms. The molecular formula is C13H26O6Ti. The summed E-state index contributed by atoms with van der Waals surface area (Å²) in [5.74, 6) is -0.492. The van der Waals surface area contributed by atoms with E-state index in [9.17, 15) is 0 Å². The Morgan fingerprint density at radius 1 is 1.05 bits per heavy atom. The SMILES string of the molecule is CCOC(=[OH+])C=C(C)O.CCOC(=[OH+])C=CO.[CH3-].[CH3-].[Ti]. The summed E-state index contributed by atoms with van der Waals surface area (Å²) < 4.78 is 9.10. The molecule has 0 saturated heterocycles. The van der Waals surface area contributed by atoms with Crippen LogP contribution in [0.1, 0.15) is 20.8 Å². The zero-order chi connectivity index (χ0) is 13.7. The summed E-state index contributed by atoms with van der Waals surface area (Å²) in [6.07, 6.45) is 2.91. The molecule has 0 saturated carbocycles.